The van der Waals surface area contributed by atoms with Crippen LogP contribution in [0.25, 0.3) is 16.6 Å². The standard InChI is InChI=1S/C21H20FN7O2/c1-12-9-28(19(30)4-5-23)11-16(12)27-20-15(21(24)31)8-26-29-10-14(6-17(20)29)13-2-3-18(22)25-7-13/h2-3,6-8,10,12,16,27H,4,9,11H2,1H3,(H2,24,31)/t12-,16-/m1/s1. The Kier molecular flexibility index (Phi) is 5.25. The number of likely N-dealkylation sites (tertiary alicyclic amines) is 1. The van der Waals surface area contributed by atoms with Crippen molar-refractivity contribution in [1.82, 2.24) is 19.5 Å². The molecule has 0 spiro atoms. The average Bonchev–Trinajstić information content (AvgIpc) is 3.33. The zero-order valence-corrected chi connectivity index (χ0v) is 16.7. The number of pyridine rings is 1. The number of carbonyl (C=O) groups is 2. The van der Waals surface area contributed by atoms with Gasteiger partial charge in [0.2, 0.25) is 11.9 Å². The molecule has 3 N–H and O–H groups in total. The molecule has 0 saturated carbocycles. The third-order valence-electron chi connectivity index (χ3n) is 5.49. The number of halogens is 1. The number of nitrogens with zero attached hydrogens (tertiary/aromatic N) is 5. The van der Waals surface area contributed by atoms with Gasteiger partial charge in [0.25, 0.3) is 5.91 Å². The van der Waals surface area contributed by atoms with Crippen LogP contribution in [0.1, 0.15) is 23.7 Å². The fraction of sp³-hybridized carbons (Fsp3) is 0.286. The molecular weight excluding hydrogens is 401 g/mol. The van der Waals surface area contributed by atoms with E-state index in [0.29, 0.717) is 29.9 Å². The van der Waals surface area contributed by atoms with Crippen LogP contribution in [0.4, 0.5) is 10.1 Å². The summed E-state index contributed by atoms with van der Waals surface area (Å²) >= 11 is 0. The predicted molar refractivity (Wildman–Crippen MR) is 110 cm³/mol. The van der Waals surface area contributed by atoms with E-state index in [0.717, 1.165) is 5.56 Å². The summed E-state index contributed by atoms with van der Waals surface area (Å²) in [5.41, 5.74) is 8.37. The zero-order chi connectivity index (χ0) is 22.1. The van der Waals surface area contributed by atoms with Gasteiger partial charge < -0.3 is 16.0 Å². The summed E-state index contributed by atoms with van der Waals surface area (Å²) in [5.74, 6) is -1.34. The molecule has 0 radical (unpaired) electrons. The number of hydrogen-bond acceptors (Lipinski definition) is 6. The van der Waals surface area contributed by atoms with E-state index in [-0.39, 0.29) is 29.9 Å². The maximum Gasteiger partial charge on any atom is 0.252 e. The first kappa shape index (κ1) is 20.3. The number of nitriles is 1. The number of fused-ring (bicyclic) bond motifs is 1. The number of carbonyl (C=O) groups excluding carboxylic acids is 2. The van der Waals surface area contributed by atoms with Crippen LogP contribution in [-0.4, -0.2) is 50.4 Å². The Bertz CT molecular complexity index is 1200. The molecule has 2 atom stereocenters. The quantitative estimate of drug-likeness (QED) is 0.605. The van der Waals surface area contributed by atoms with Gasteiger partial charge in [0.05, 0.1) is 29.0 Å². The van der Waals surface area contributed by atoms with Crippen molar-refractivity contribution in [2.24, 2.45) is 11.7 Å². The minimum Gasteiger partial charge on any atom is -0.378 e. The molecule has 10 heteroatoms. The summed E-state index contributed by atoms with van der Waals surface area (Å²) in [6.07, 6.45) is 4.40. The minimum atomic E-state index is -0.633. The summed E-state index contributed by atoms with van der Waals surface area (Å²) in [4.78, 5) is 29.5. The summed E-state index contributed by atoms with van der Waals surface area (Å²) in [7, 11) is 0. The number of nitrogens with one attached hydrogen (secondary N) is 1. The highest BCUT2D eigenvalue weighted by molar-refractivity contribution is 6.02. The molecule has 158 valence electrons. The lowest BCUT2D eigenvalue weighted by atomic mass is 10.1. The first-order valence-electron chi connectivity index (χ1n) is 9.71. The Hall–Kier alpha value is -4.00. The van der Waals surface area contributed by atoms with Crippen molar-refractivity contribution in [1.29, 1.82) is 5.26 Å². The fourth-order valence-corrected chi connectivity index (χ4v) is 3.82. The summed E-state index contributed by atoms with van der Waals surface area (Å²) < 4.78 is 14.8. The van der Waals surface area contributed by atoms with Crippen LogP contribution >= 0.6 is 0 Å². The van der Waals surface area contributed by atoms with Crippen molar-refractivity contribution in [2.75, 3.05) is 18.4 Å². The van der Waals surface area contributed by atoms with Crippen molar-refractivity contribution in [3.63, 3.8) is 0 Å². The topological polar surface area (TPSA) is 129 Å². The summed E-state index contributed by atoms with van der Waals surface area (Å²) in [5, 5.41) is 16.4. The molecule has 4 rings (SSSR count). The van der Waals surface area contributed by atoms with Gasteiger partial charge in [-0.25, -0.2) is 9.50 Å². The first-order chi connectivity index (χ1) is 14.9. The SMILES string of the molecule is C[C@@H]1CN(C(=O)CC#N)C[C@H]1Nc1c(C(N)=O)cnn2cc(-c3ccc(F)nc3)cc12. The second-order valence-electron chi connectivity index (χ2n) is 7.59. The van der Waals surface area contributed by atoms with Gasteiger partial charge in [-0.3, -0.25) is 9.59 Å². The number of nitrogens with two attached hydrogens (primary N) is 1. The van der Waals surface area contributed by atoms with E-state index < -0.39 is 11.9 Å². The average molecular weight is 421 g/mol. The van der Waals surface area contributed by atoms with E-state index in [4.69, 9.17) is 11.0 Å². The number of rotatable bonds is 5. The van der Waals surface area contributed by atoms with Crippen molar-refractivity contribution < 1.29 is 14.0 Å². The lowest BCUT2D eigenvalue weighted by Gasteiger charge is -2.20. The van der Waals surface area contributed by atoms with Gasteiger partial charge in [0.1, 0.15) is 6.42 Å². The Morgan fingerprint density at radius 1 is 1.32 bits per heavy atom. The molecule has 3 aromatic heterocycles. The molecule has 4 heterocycles. The van der Waals surface area contributed by atoms with Gasteiger partial charge in [-0.05, 0) is 24.1 Å². The maximum atomic E-state index is 13.2. The van der Waals surface area contributed by atoms with Gasteiger partial charge in [-0.2, -0.15) is 14.8 Å². The van der Waals surface area contributed by atoms with Gasteiger partial charge in [0, 0.05) is 42.7 Å². The van der Waals surface area contributed by atoms with Gasteiger partial charge >= 0.3 is 0 Å². The van der Waals surface area contributed by atoms with Crippen molar-refractivity contribution in [3.8, 4) is 17.2 Å². The lowest BCUT2D eigenvalue weighted by molar-refractivity contribution is -0.129. The number of hydrogen-bond donors (Lipinski definition) is 2. The molecule has 9 nitrogen and oxygen atoms in total. The van der Waals surface area contributed by atoms with Crippen LogP contribution in [0.5, 0.6) is 0 Å². The van der Waals surface area contributed by atoms with Crippen molar-refractivity contribution >= 4 is 23.0 Å². The highest BCUT2D eigenvalue weighted by atomic mass is 19.1. The third kappa shape index (κ3) is 3.90. The smallest absolute Gasteiger partial charge is 0.252 e. The highest BCUT2D eigenvalue weighted by Gasteiger charge is 2.33. The largest absolute Gasteiger partial charge is 0.378 e. The fourth-order valence-electron chi connectivity index (χ4n) is 3.82. The van der Waals surface area contributed by atoms with E-state index >= 15 is 0 Å². The van der Waals surface area contributed by atoms with Gasteiger partial charge in [0.15, 0.2) is 0 Å². The number of amides is 2. The van der Waals surface area contributed by atoms with Crippen LogP contribution in [0.2, 0.25) is 0 Å². The monoisotopic (exact) mass is 421 g/mol. The molecule has 1 fully saturated rings. The Labute approximate surface area is 177 Å². The molecule has 31 heavy (non-hydrogen) atoms. The summed E-state index contributed by atoms with van der Waals surface area (Å²) in [6, 6.07) is 6.43. The second kappa shape index (κ2) is 8.02. The van der Waals surface area contributed by atoms with E-state index in [1.165, 1.54) is 18.5 Å². The van der Waals surface area contributed by atoms with Crippen LogP contribution in [0.15, 0.2) is 36.8 Å². The summed E-state index contributed by atoms with van der Waals surface area (Å²) in [6.45, 7) is 2.91. The first-order valence-corrected chi connectivity index (χ1v) is 9.71. The van der Waals surface area contributed by atoms with Crippen LogP contribution < -0.4 is 11.1 Å². The molecule has 0 unspecified atom stereocenters. The van der Waals surface area contributed by atoms with Crippen LogP contribution in [0, 0.1) is 23.2 Å². The van der Waals surface area contributed by atoms with Crippen LogP contribution in [0.3, 0.4) is 0 Å². The van der Waals surface area contributed by atoms with E-state index in [2.05, 4.69) is 15.4 Å². The van der Waals surface area contributed by atoms with Gasteiger partial charge in [-0.15, -0.1) is 0 Å². The molecule has 0 bridgehead atoms. The Morgan fingerprint density at radius 2 is 2.13 bits per heavy atom. The molecule has 1 aliphatic heterocycles. The van der Waals surface area contributed by atoms with Crippen molar-refractivity contribution in [2.45, 2.75) is 19.4 Å². The number of anilines is 1. The molecule has 3 aromatic rings. The third-order valence-corrected chi connectivity index (χ3v) is 5.49. The molecule has 1 aliphatic rings. The normalized spacial score (nSPS) is 18.2. The molecule has 0 aliphatic carbocycles. The maximum absolute atomic E-state index is 13.2. The van der Waals surface area contributed by atoms with Gasteiger partial charge in [-0.1, -0.05) is 6.92 Å². The zero-order valence-electron chi connectivity index (χ0n) is 16.7. The minimum absolute atomic E-state index is 0.0901. The Morgan fingerprint density at radius 3 is 2.81 bits per heavy atom. The number of aromatic nitrogens is 3. The predicted octanol–water partition coefficient (Wildman–Crippen LogP) is 1.81. The van der Waals surface area contributed by atoms with E-state index in [1.54, 1.807) is 21.7 Å². The number of primary amides is 1. The molecule has 0 aromatic carbocycles. The molecular formula is C21H20FN7O2. The lowest BCUT2D eigenvalue weighted by Crippen LogP contribution is -2.32. The molecule has 1 saturated heterocycles. The Balaban J connectivity index is 1.71. The van der Waals surface area contributed by atoms with E-state index in [1.807, 2.05) is 19.1 Å². The second-order valence-corrected chi connectivity index (χ2v) is 7.59. The highest BCUT2D eigenvalue weighted by Crippen LogP contribution is 2.30. The molecule has 2 amide bonds. The van der Waals surface area contributed by atoms with E-state index in [9.17, 15) is 14.0 Å². The van der Waals surface area contributed by atoms with Crippen molar-refractivity contribution in [3.05, 3.63) is 48.3 Å². The van der Waals surface area contributed by atoms with Crippen LogP contribution in [-0.2, 0) is 4.79 Å².